The topological polar surface area (TPSA) is 79.5 Å². The number of amides is 2. The van der Waals surface area contributed by atoms with Crippen molar-refractivity contribution in [2.75, 3.05) is 19.6 Å². The highest BCUT2D eigenvalue weighted by Gasteiger charge is 2.23. The number of hydrogen-bond donors (Lipinski definition) is 1. The summed E-state index contributed by atoms with van der Waals surface area (Å²) in [5, 5.41) is 2.59. The molecule has 0 spiro atoms. The lowest BCUT2D eigenvalue weighted by Gasteiger charge is -2.26. The molecule has 45 heavy (non-hydrogen) atoms. The Bertz CT molecular complexity index is 1550. The van der Waals surface area contributed by atoms with Gasteiger partial charge in [0.2, 0.25) is 0 Å². The summed E-state index contributed by atoms with van der Waals surface area (Å²) in [6, 6.07) is 16.4. The number of aryl methyl sites for hydroxylation is 1. The number of halogens is 2. The van der Waals surface area contributed by atoms with E-state index in [1.807, 2.05) is 42.3 Å². The molecule has 3 aromatic carbocycles. The molecule has 0 aliphatic rings. The zero-order valence-electron chi connectivity index (χ0n) is 26.3. The van der Waals surface area contributed by atoms with Gasteiger partial charge in [0.25, 0.3) is 11.8 Å². The molecule has 0 unspecified atom stereocenters. The van der Waals surface area contributed by atoms with E-state index in [-0.39, 0.29) is 18.2 Å². The Morgan fingerprint density at radius 3 is 2.07 bits per heavy atom. The van der Waals surface area contributed by atoms with Crippen molar-refractivity contribution >= 4 is 23.2 Å². The third-order valence-corrected chi connectivity index (χ3v) is 8.45. The quantitative estimate of drug-likeness (QED) is 0.147. The van der Waals surface area contributed by atoms with Gasteiger partial charge in [0, 0.05) is 66.6 Å². The van der Waals surface area contributed by atoms with Crippen LogP contribution in [0.5, 0.6) is 0 Å². The fourth-order valence-electron chi connectivity index (χ4n) is 5.46. The average molecular weight is 633 g/mol. The van der Waals surface area contributed by atoms with Crippen LogP contribution in [0.1, 0.15) is 77.4 Å². The van der Waals surface area contributed by atoms with Gasteiger partial charge in [-0.2, -0.15) is 0 Å². The molecule has 2 amide bonds. The normalized spacial score (nSPS) is 11.8. The summed E-state index contributed by atoms with van der Waals surface area (Å²) in [5.41, 5.74) is 10.6. The SMILES string of the molecule is CCCN(CCC)C(=O)c1cc(C(=O)N(CC[C@@H](N)Cc2cc(F)cc(F)c2)Cc2cccc(CC)c2)cc(-c2nccs2)c1. The van der Waals surface area contributed by atoms with E-state index in [1.165, 1.54) is 23.5 Å². The fraction of sp³-hybridized carbons (Fsp3) is 0.361. The fourth-order valence-corrected chi connectivity index (χ4v) is 6.09. The molecule has 4 rings (SSSR count). The standard InChI is InChI=1S/C36H42F2N4O2S/c1-4-12-41(13-5-2)35(43)29-20-28(34-40-11-15-45-34)21-30(22-29)36(44)42(24-26-9-7-8-25(6-3)16-26)14-10-33(39)19-27-17-31(37)23-32(38)18-27/h7-9,11,15-18,20-23,33H,4-6,10,12-14,19,24,39H2,1-3H3/t33-/m1/s1. The van der Waals surface area contributed by atoms with E-state index in [4.69, 9.17) is 5.73 Å². The van der Waals surface area contributed by atoms with Crippen LogP contribution in [0, 0.1) is 11.6 Å². The summed E-state index contributed by atoms with van der Waals surface area (Å²) in [6.07, 6.45) is 4.91. The molecule has 9 heteroatoms. The number of aromatic nitrogens is 1. The van der Waals surface area contributed by atoms with E-state index in [2.05, 4.69) is 24.0 Å². The first kappa shape index (κ1) is 33.9. The maximum absolute atomic E-state index is 14.3. The number of nitrogens with zero attached hydrogens (tertiary/aromatic N) is 3. The van der Waals surface area contributed by atoms with Crippen LogP contribution in [-0.2, 0) is 19.4 Å². The zero-order valence-corrected chi connectivity index (χ0v) is 27.1. The Kier molecular flexibility index (Phi) is 12.4. The number of thiazole rings is 1. The van der Waals surface area contributed by atoms with Gasteiger partial charge < -0.3 is 15.5 Å². The van der Waals surface area contributed by atoms with E-state index in [1.54, 1.807) is 23.2 Å². The van der Waals surface area contributed by atoms with Crippen molar-refractivity contribution in [1.82, 2.24) is 14.8 Å². The monoisotopic (exact) mass is 632 g/mol. The first-order chi connectivity index (χ1) is 21.7. The van der Waals surface area contributed by atoms with Gasteiger partial charge in [0.1, 0.15) is 16.6 Å². The first-order valence-corrected chi connectivity index (χ1v) is 16.5. The molecular weight excluding hydrogens is 590 g/mol. The second-order valence-corrected chi connectivity index (χ2v) is 12.3. The number of rotatable bonds is 15. The molecular formula is C36H42F2N4O2S. The van der Waals surface area contributed by atoms with Gasteiger partial charge in [-0.3, -0.25) is 9.59 Å². The Balaban J connectivity index is 1.67. The molecule has 6 nitrogen and oxygen atoms in total. The minimum absolute atomic E-state index is 0.113. The summed E-state index contributed by atoms with van der Waals surface area (Å²) in [7, 11) is 0. The van der Waals surface area contributed by atoms with Crippen LogP contribution in [-0.4, -0.2) is 52.3 Å². The average Bonchev–Trinajstić information content (AvgIpc) is 3.57. The van der Waals surface area contributed by atoms with E-state index in [0.717, 1.165) is 41.5 Å². The summed E-state index contributed by atoms with van der Waals surface area (Å²) in [5.74, 6) is -1.64. The molecule has 2 N–H and O–H groups in total. The predicted octanol–water partition coefficient (Wildman–Crippen LogP) is 7.52. The van der Waals surface area contributed by atoms with E-state index < -0.39 is 17.7 Å². The number of hydrogen-bond acceptors (Lipinski definition) is 5. The molecule has 1 atom stereocenters. The summed E-state index contributed by atoms with van der Waals surface area (Å²) < 4.78 is 27.6. The highest BCUT2D eigenvalue weighted by Crippen LogP contribution is 2.27. The minimum atomic E-state index is -0.647. The molecule has 4 aromatic rings. The molecule has 0 aliphatic carbocycles. The van der Waals surface area contributed by atoms with Crippen molar-refractivity contribution in [3.63, 3.8) is 0 Å². The van der Waals surface area contributed by atoms with Crippen LogP contribution in [0.25, 0.3) is 10.6 Å². The highest BCUT2D eigenvalue weighted by atomic mass is 32.1. The van der Waals surface area contributed by atoms with Crippen molar-refractivity contribution in [3.05, 3.63) is 112 Å². The predicted molar refractivity (Wildman–Crippen MR) is 177 cm³/mol. The molecule has 0 aliphatic heterocycles. The molecule has 0 fully saturated rings. The Morgan fingerprint density at radius 2 is 1.47 bits per heavy atom. The summed E-state index contributed by atoms with van der Waals surface area (Å²) >= 11 is 1.45. The Labute approximate surface area is 268 Å². The summed E-state index contributed by atoms with van der Waals surface area (Å²) in [4.78, 5) is 36.0. The first-order valence-electron chi connectivity index (χ1n) is 15.6. The van der Waals surface area contributed by atoms with Crippen molar-refractivity contribution in [3.8, 4) is 10.6 Å². The van der Waals surface area contributed by atoms with Gasteiger partial charge in [-0.25, -0.2) is 13.8 Å². The third-order valence-electron chi connectivity index (χ3n) is 7.63. The van der Waals surface area contributed by atoms with Crippen LogP contribution in [0.2, 0.25) is 0 Å². The van der Waals surface area contributed by atoms with Gasteiger partial charge in [-0.15, -0.1) is 11.3 Å². The molecule has 0 bridgehead atoms. The Hall–Kier alpha value is -3.95. The van der Waals surface area contributed by atoms with Gasteiger partial charge in [0.05, 0.1) is 0 Å². The smallest absolute Gasteiger partial charge is 0.254 e. The minimum Gasteiger partial charge on any atom is -0.339 e. The third kappa shape index (κ3) is 9.52. The maximum atomic E-state index is 14.3. The maximum Gasteiger partial charge on any atom is 0.254 e. The van der Waals surface area contributed by atoms with Crippen molar-refractivity contribution in [2.24, 2.45) is 5.73 Å². The number of nitrogens with two attached hydrogens (primary N) is 1. The van der Waals surface area contributed by atoms with Crippen molar-refractivity contribution in [2.45, 2.75) is 65.5 Å². The van der Waals surface area contributed by atoms with Crippen molar-refractivity contribution in [1.29, 1.82) is 0 Å². The zero-order chi connectivity index (χ0) is 32.3. The molecule has 0 saturated heterocycles. The second-order valence-electron chi connectivity index (χ2n) is 11.4. The van der Waals surface area contributed by atoms with Crippen molar-refractivity contribution < 1.29 is 18.4 Å². The van der Waals surface area contributed by atoms with Crippen LogP contribution in [0.3, 0.4) is 0 Å². The molecule has 0 radical (unpaired) electrons. The van der Waals surface area contributed by atoms with E-state index in [0.29, 0.717) is 54.9 Å². The van der Waals surface area contributed by atoms with Crippen LogP contribution >= 0.6 is 11.3 Å². The van der Waals surface area contributed by atoms with E-state index in [9.17, 15) is 18.4 Å². The number of carbonyl (C=O) groups excluding carboxylic acids is 2. The largest absolute Gasteiger partial charge is 0.339 e. The van der Waals surface area contributed by atoms with Gasteiger partial charge in [0.15, 0.2) is 0 Å². The number of benzene rings is 3. The number of carbonyl (C=O) groups is 2. The Morgan fingerprint density at radius 1 is 0.822 bits per heavy atom. The molecule has 238 valence electrons. The van der Waals surface area contributed by atoms with Gasteiger partial charge in [-0.05, 0) is 79.1 Å². The molecule has 0 saturated carbocycles. The van der Waals surface area contributed by atoms with Gasteiger partial charge >= 0.3 is 0 Å². The van der Waals surface area contributed by atoms with Gasteiger partial charge in [-0.1, -0.05) is 45.0 Å². The lowest BCUT2D eigenvalue weighted by Crippen LogP contribution is -2.36. The summed E-state index contributed by atoms with van der Waals surface area (Å²) in [6.45, 7) is 8.08. The highest BCUT2D eigenvalue weighted by molar-refractivity contribution is 7.13. The van der Waals surface area contributed by atoms with Crippen LogP contribution in [0.4, 0.5) is 8.78 Å². The van der Waals surface area contributed by atoms with E-state index >= 15 is 0 Å². The molecule has 1 aromatic heterocycles. The second kappa shape index (κ2) is 16.4. The van der Waals surface area contributed by atoms with Crippen LogP contribution < -0.4 is 5.73 Å². The lowest BCUT2D eigenvalue weighted by atomic mass is 10.0. The lowest BCUT2D eigenvalue weighted by molar-refractivity contribution is 0.0738. The van der Waals surface area contributed by atoms with Crippen LogP contribution in [0.15, 0.2) is 72.2 Å². The molecule has 1 heterocycles.